The fourth-order valence-corrected chi connectivity index (χ4v) is 4.39. The molecule has 4 aromatic carbocycles. The lowest BCUT2D eigenvalue weighted by Crippen LogP contribution is -2.09. The highest BCUT2D eigenvalue weighted by Crippen LogP contribution is 2.38. The van der Waals surface area contributed by atoms with Crippen molar-refractivity contribution in [2.75, 3.05) is 11.9 Å². The minimum atomic E-state index is -0.202. The lowest BCUT2D eigenvalue weighted by Gasteiger charge is -2.12. The third-order valence-corrected chi connectivity index (χ3v) is 6.20. The highest BCUT2D eigenvalue weighted by Gasteiger charge is 2.15. The summed E-state index contributed by atoms with van der Waals surface area (Å²) < 4.78 is 11.7. The summed E-state index contributed by atoms with van der Waals surface area (Å²) in [6.07, 6.45) is 3.34. The largest absolute Gasteiger partial charge is 0.493 e. The molecule has 5 aromatic rings. The lowest BCUT2D eigenvalue weighted by atomic mass is 9.99. The van der Waals surface area contributed by atoms with Gasteiger partial charge in [0.25, 0.3) is 0 Å². The van der Waals surface area contributed by atoms with Gasteiger partial charge in [-0.1, -0.05) is 60.1 Å². The van der Waals surface area contributed by atoms with Gasteiger partial charge in [0.2, 0.25) is 5.91 Å². The number of allylic oxidation sites excluding steroid dienone is 1. The average molecular weight is 482 g/mol. The summed E-state index contributed by atoms with van der Waals surface area (Å²) in [4.78, 5) is 13.0. The van der Waals surface area contributed by atoms with Gasteiger partial charge in [-0.3, -0.25) is 4.79 Å². The van der Waals surface area contributed by atoms with E-state index in [0.717, 1.165) is 49.7 Å². The van der Waals surface area contributed by atoms with Gasteiger partial charge in [-0.05, 0) is 54.6 Å². The first kappa shape index (κ1) is 22.8. The van der Waals surface area contributed by atoms with Crippen LogP contribution in [0.3, 0.4) is 0 Å². The molecular weight excluding hydrogens is 458 g/mol. The Kier molecular flexibility index (Phi) is 6.30. The van der Waals surface area contributed by atoms with Gasteiger partial charge in [0.05, 0.1) is 12.9 Å². The van der Waals surface area contributed by atoms with Crippen LogP contribution in [0.5, 0.6) is 5.75 Å². The number of furan rings is 1. The van der Waals surface area contributed by atoms with E-state index in [1.807, 2.05) is 92.7 Å². The van der Waals surface area contributed by atoms with Crippen LogP contribution in [0.25, 0.3) is 38.4 Å². The molecule has 1 N–H and O–H groups in total. The predicted molar refractivity (Wildman–Crippen MR) is 144 cm³/mol. The van der Waals surface area contributed by atoms with E-state index in [9.17, 15) is 4.79 Å². The molecule has 0 bridgehead atoms. The van der Waals surface area contributed by atoms with E-state index in [4.69, 9.17) is 20.8 Å². The van der Waals surface area contributed by atoms with E-state index in [1.165, 1.54) is 0 Å². The number of anilines is 1. The van der Waals surface area contributed by atoms with Crippen LogP contribution in [0.4, 0.5) is 5.69 Å². The van der Waals surface area contributed by atoms with Crippen LogP contribution in [-0.4, -0.2) is 12.5 Å². The van der Waals surface area contributed by atoms with Gasteiger partial charge in [0.1, 0.15) is 11.3 Å². The Labute approximate surface area is 208 Å². The fraction of sp³-hybridized carbons (Fsp3) is 0.100. The maximum atomic E-state index is 13.0. The molecule has 1 amide bonds. The first-order chi connectivity index (χ1) is 17.0. The highest BCUT2D eigenvalue weighted by molar-refractivity contribution is 6.30. The second-order valence-corrected chi connectivity index (χ2v) is 8.71. The third kappa shape index (κ3) is 4.66. The highest BCUT2D eigenvalue weighted by atomic mass is 35.5. The van der Waals surface area contributed by atoms with Crippen molar-refractivity contribution in [3.05, 3.63) is 102 Å². The third-order valence-electron chi connectivity index (χ3n) is 5.95. The molecule has 0 aliphatic heterocycles. The topological polar surface area (TPSA) is 51.5 Å². The zero-order valence-corrected chi connectivity index (χ0v) is 20.2. The van der Waals surface area contributed by atoms with Crippen LogP contribution in [0.1, 0.15) is 19.4 Å². The molecule has 0 radical (unpaired) electrons. The van der Waals surface area contributed by atoms with E-state index in [1.54, 1.807) is 12.3 Å². The van der Waals surface area contributed by atoms with Crippen molar-refractivity contribution < 1.29 is 13.9 Å². The van der Waals surface area contributed by atoms with Crippen LogP contribution in [0.15, 0.2) is 95.6 Å². The number of rotatable bonds is 6. The molecule has 5 rings (SSSR count). The van der Waals surface area contributed by atoms with Gasteiger partial charge in [0, 0.05) is 44.8 Å². The van der Waals surface area contributed by atoms with Crippen molar-refractivity contribution in [1.29, 1.82) is 0 Å². The van der Waals surface area contributed by atoms with Crippen molar-refractivity contribution in [3.63, 3.8) is 0 Å². The number of fused-ring (bicyclic) bond motifs is 2. The molecule has 0 unspecified atom stereocenters. The molecule has 0 saturated carbocycles. The maximum Gasteiger partial charge on any atom is 0.248 e. The van der Waals surface area contributed by atoms with Crippen LogP contribution in [0.2, 0.25) is 5.02 Å². The number of hydrogen-bond acceptors (Lipinski definition) is 3. The molecule has 1 aromatic heterocycles. The average Bonchev–Trinajstić information content (AvgIpc) is 3.27. The molecule has 4 nitrogen and oxygen atoms in total. The first-order valence-electron chi connectivity index (χ1n) is 11.4. The number of nitrogens with one attached hydrogen (secondary N) is 1. The SMILES string of the molecule is CCOc1cc2occ(-c3ccc(Cl)cc3)c2cc1/C(C)=C/C(=O)Nc1cccc2ccccc12. The molecule has 5 heteroatoms. The summed E-state index contributed by atoms with van der Waals surface area (Å²) in [6.45, 7) is 4.34. The van der Waals surface area contributed by atoms with E-state index < -0.39 is 0 Å². The summed E-state index contributed by atoms with van der Waals surface area (Å²) in [6, 6.07) is 25.4. The smallest absolute Gasteiger partial charge is 0.248 e. The quantitative estimate of drug-likeness (QED) is 0.248. The molecular formula is C30H24ClNO3. The van der Waals surface area contributed by atoms with E-state index in [-0.39, 0.29) is 5.91 Å². The van der Waals surface area contributed by atoms with Gasteiger partial charge < -0.3 is 14.5 Å². The van der Waals surface area contributed by atoms with Gasteiger partial charge in [-0.15, -0.1) is 0 Å². The van der Waals surface area contributed by atoms with Crippen molar-refractivity contribution in [3.8, 4) is 16.9 Å². The number of benzene rings is 4. The molecule has 0 fully saturated rings. The second-order valence-electron chi connectivity index (χ2n) is 8.28. The van der Waals surface area contributed by atoms with Gasteiger partial charge >= 0.3 is 0 Å². The summed E-state index contributed by atoms with van der Waals surface area (Å²) >= 11 is 6.07. The van der Waals surface area contributed by atoms with Gasteiger partial charge in [-0.2, -0.15) is 0 Å². The molecule has 0 spiro atoms. The number of ether oxygens (including phenoxy) is 1. The first-order valence-corrected chi connectivity index (χ1v) is 11.8. The van der Waals surface area contributed by atoms with Crippen molar-refractivity contribution in [2.45, 2.75) is 13.8 Å². The zero-order chi connectivity index (χ0) is 24.4. The number of carbonyl (C=O) groups is 1. The van der Waals surface area contributed by atoms with Gasteiger partial charge in [0.15, 0.2) is 0 Å². The van der Waals surface area contributed by atoms with Crippen LogP contribution in [0, 0.1) is 0 Å². The predicted octanol–water partition coefficient (Wildman–Crippen LogP) is 8.35. The molecule has 1 heterocycles. The van der Waals surface area contributed by atoms with Crippen molar-refractivity contribution in [1.82, 2.24) is 0 Å². The maximum absolute atomic E-state index is 13.0. The number of hydrogen-bond donors (Lipinski definition) is 1. The number of halogens is 1. The number of amides is 1. The Balaban J connectivity index is 1.52. The Hall–Kier alpha value is -4.02. The normalized spacial score (nSPS) is 11.7. The standard InChI is InChI=1S/C30H24ClNO3/c1-3-34-28-17-29-25(26(18-35-29)21-11-13-22(31)14-12-21)16-24(28)19(2)15-30(33)32-27-10-6-8-20-7-4-5-9-23(20)27/h4-18H,3H2,1-2H3,(H,32,33)/b19-15+. The van der Waals surface area contributed by atoms with Crippen molar-refractivity contribution in [2.24, 2.45) is 0 Å². The Morgan fingerprint density at radius 2 is 1.77 bits per heavy atom. The number of carbonyl (C=O) groups excluding carboxylic acids is 1. The minimum Gasteiger partial charge on any atom is -0.493 e. The molecule has 0 aliphatic carbocycles. The van der Waals surface area contributed by atoms with Gasteiger partial charge in [-0.25, -0.2) is 0 Å². The Morgan fingerprint density at radius 1 is 1.00 bits per heavy atom. The molecule has 0 atom stereocenters. The van der Waals surface area contributed by atoms with Crippen LogP contribution >= 0.6 is 11.6 Å². The Bertz CT molecular complexity index is 1560. The van der Waals surface area contributed by atoms with E-state index in [0.29, 0.717) is 17.4 Å². The summed E-state index contributed by atoms with van der Waals surface area (Å²) in [5, 5.41) is 6.71. The monoisotopic (exact) mass is 481 g/mol. The fourth-order valence-electron chi connectivity index (χ4n) is 4.27. The molecule has 0 aliphatic rings. The molecule has 174 valence electrons. The van der Waals surface area contributed by atoms with E-state index in [2.05, 4.69) is 5.32 Å². The minimum absolute atomic E-state index is 0.202. The molecule has 35 heavy (non-hydrogen) atoms. The second kappa shape index (κ2) is 9.69. The zero-order valence-electron chi connectivity index (χ0n) is 19.5. The summed E-state index contributed by atoms with van der Waals surface area (Å²) in [5.41, 5.74) is 5.07. The summed E-state index contributed by atoms with van der Waals surface area (Å²) in [5.74, 6) is 0.468. The summed E-state index contributed by atoms with van der Waals surface area (Å²) in [7, 11) is 0. The Morgan fingerprint density at radius 3 is 2.57 bits per heavy atom. The van der Waals surface area contributed by atoms with Crippen molar-refractivity contribution >= 4 is 50.5 Å². The van der Waals surface area contributed by atoms with E-state index >= 15 is 0 Å². The lowest BCUT2D eigenvalue weighted by molar-refractivity contribution is -0.111. The molecule has 0 saturated heterocycles. The van der Waals surface area contributed by atoms with Crippen LogP contribution < -0.4 is 10.1 Å². The van der Waals surface area contributed by atoms with Crippen LogP contribution in [-0.2, 0) is 4.79 Å².